The number of allylic oxidation sites excluding steroid dienone is 1. The van der Waals surface area contributed by atoms with Crippen molar-refractivity contribution in [3.8, 4) is 0 Å². The van der Waals surface area contributed by atoms with Crippen molar-refractivity contribution in [2.24, 2.45) is 0 Å². The number of likely N-dealkylation sites (N-methyl/N-ethyl adjacent to an activating group) is 1. The monoisotopic (exact) mass is 185 g/mol. The molecule has 0 radical (unpaired) electrons. The first-order chi connectivity index (χ1) is 6.38. The minimum atomic E-state index is 0.320. The first kappa shape index (κ1) is 10.5. The zero-order valence-electron chi connectivity index (χ0n) is 8.51. The van der Waals surface area contributed by atoms with Crippen LogP contribution in [0.2, 0.25) is 0 Å². The molecular weight excluding hydrogens is 166 g/mol. The van der Waals surface area contributed by atoms with Crippen molar-refractivity contribution in [2.45, 2.75) is 25.3 Å². The maximum atomic E-state index is 5.57. The van der Waals surface area contributed by atoms with Crippen LogP contribution in [-0.2, 0) is 9.47 Å². The van der Waals surface area contributed by atoms with E-state index in [4.69, 9.17) is 9.47 Å². The molecule has 1 N–H and O–H groups in total. The molecule has 13 heavy (non-hydrogen) atoms. The fourth-order valence-corrected chi connectivity index (χ4v) is 1.48. The minimum Gasteiger partial charge on any atom is -0.497 e. The van der Waals surface area contributed by atoms with Crippen molar-refractivity contribution in [1.82, 2.24) is 5.32 Å². The number of hydrogen-bond acceptors (Lipinski definition) is 3. The van der Waals surface area contributed by atoms with Crippen LogP contribution in [0.15, 0.2) is 11.8 Å². The van der Waals surface area contributed by atoms with Gasteiger partial charge in [-0.25, -0.2) is 0 Å². The summed E-state index contributed by atoms with van der Waals surface area (Å²) < 4.78 is 10.6. The molecule has 3 nitrogen and oxygen atoms in total. The van der Waals surface area contributed by atoms with E-state index in [0.29, 0.717) is 6.04 Å². The second-order valence-corrected chi connectivity index (χ2v) is 3.22. The summed E-state index contributed by atoms with van der Waals surface area (Å²) in [6.07, 6.45) is 5.43. The van der Waals surface area contributed by atoms with E-state index in [1.807, 2.05) is 7.05 Å². The number of hydrogen-bond donors (Lipinski definition) is 1. The molecule has 0 bridgehead atoms. The predicted octanol–water partition coefficient (Wildman–Crippen LogP) is 1.31. The summed E-state index contributed by atoms with van der Waals surface area (Å²) in [5.41, 5.74) is 0. The van der Waals surface area contributed by atoms with Crippen LogP contribution in [0.1, 0.15) is 19.3 Å². The lowest BCUT2D eigenvalue weighted by Gasteiger charge is -2.23. The molecule has 0 amide bonds. The average molecular weight is 185 g/mol. The Kier molecular flexibility index (Phi) is 4.86. The molecule has 1 heterocycles. The van der Waals surface area contributed by atoms with Gasteiger partial charge < -0.3 is 14.8 Å². The van der Waals surface area contributed by atoms with Crippen molar-refractivity contribution in [2.75, 3.05) is 27.4 Å². The van der Waals surface area contributed by atoms with Gasteiger partial charge in [0.2, 0.25) is 0 Å². The molecule has 0 aromatic heterocycles. The SMILES string of the molecule is CNC(CCOC)C1=CCCCO1. The van der Waals surface area contributed by atoms with Gasteiger partial charge in [0.1, 0.15) is 5.76 Å². The summed E-state index contributed by atoms with van der Waals surface area (Å²) in [5.74, 6) is 1.09. The summed E-state index contributed by atoms with van der Waals surface area (Å²) in [5, 5.41) is 3.23. The summed E-state index contributed by atoms with van der Waals surface area (Å²) in [6.45, 7) is 1.63. The zero-order chi connectivity index (χ0) is 9.52. The van der Waals surface area contributed by atoms with Gasteiger partial charge in [0.15, 0.2) is 0 Å². The van der Waals surface area contributed by atoms with E-state index in [1.54, 1.807) is 7.11 Å². The van der Waals surface area contributed by atoms with Crippen molar-refractivity contribution in [3.05, 3.63) is 11.8 Å². The summed E-state index contributed by atoms with van der Waals surface area (Å²) >= 11 is 0. The first-order valence-corrected chi connectivity index (χ1v) is 4.87. The Balaban J connectivity index is 2.39. The van der Waals surface area contributed by atoms with Crippen LogP contribution < -0.4 is 5.32 Å². The maximum absolute atomic E-state index is 5.57. The van der Waals surface area contributed by atoms with Crippen molar-refractivity contribution in [1.29, 1.82) is 0 Å². The Labute approximate surface area is 80.1 Å². The molecule has 1 aliphatic heterocycles. The Hall–Kier alpha value is -0.540. The number of rotatable bonds is 5. The van der Waals surface area contributed by atoms with Crippen LogP contribution in [0.25, 0.3) is 0 Å². The second kappa shape index (κ2) is 6.00. The Morgan fingerprint density at radius 2 is 2.54 bits per heavy atom. The fourth-order valence-electron chi connectivity index (χ4n) is 1.48. The van der Waals surface area contributed by atoms with E-state index < -0.39 is 0 Å². The average Bonchev–Trinajstić information content (AvgIpc) is 2.21. The van der Waals surface area contributed by atoms with Crippen LogP contribution in [0.3, 0.4) is 0 Å². The van der Waals surface area contributed by atoms with Gasteiger partial charge in [0.25, 0.3) is 0 Å². The van der Waals surface area contributed by atoms with Crippen molar-refractivity contribution in [3.63, 3.8) is 0 Å². The van der Waals surface area contributed by atoms with Gasteiger partial charge in [-0.1, -0.05) is 0 Å². The van der Waals surface area contributed by atoms with Crippen molar-refractivity contribution < 1.29 is 9.47 Å². The van der Waals surface area contributed by atoms with E-state index in [1.165, 1.54) is 0 Å². The lowest BCUT2D eigenvalue weighted by atomic mass is 10.1. The molecule has 0 aliphatic carbocycles. The molecule has 1 aliphatic rings. The van der Waals surface area contributed by atoms with Crippen LogP contribution in [-0.4, -0.2) is 33.4 Å². The molecule has 0 aromatic rings. The second-order valence-electron chi connectivity index (χ2n) is 3.22. The van der Waals surface area contributed by atoms with E-state index in [0.717, 1.165) is 38.2 Å². The smallest absolute Gasteiger partial charge is 0.109 e. The molecule has 3 heteroatoms. The molecule has 0 spiro atoms. The fraction of sp³-hybridized carbons (Fsp3) is 0.800. The normalized spacial score (nSPS) is 19.1. The van der Waals surface area contributed by atoms with Crippen LogP contribution in [0.4, 0.5) is 0 Å². The highest BCUT2D eigenvalue weighted by molar-refractivity contribution is 5.05. The van der Waals surface area contributed by atoms with E-state index in [9.17, 15) is 0 Å². The maximum Gasteiger partial charge on any atom is 0.109 e. The van der Waals surface area contributed by atoms with E-state index in [-0.39, 0.29) is 0 Å². The van der Waals surface area contributed by atoms with E-state index >= 15 is 0 Å². The molecule has 0 saturated carbocycles. The highest BCUT2D eigenvalue weighted by atomic mass is 16.5. The zero-order valence-corrected chi connectivity index (χ0v) is 8.51. The highest BCUT2D eigenvalue weighted by Crippen LogP contribution is 2.15. The third-order valence-corrected chi connectivity index (χ3v) is 2.27. The number of ether oxygens (including phenoxy) is 2. The Morgan fingerprint density at radius 3 is 3.08 bits per heavy atom. The van der Waals surface area contributed by atoms with Gasteiger partial charge in [-0.3, -0.25) is 0 Å². The van der Waals surface area contributed by atoms with Crippen LogP contribution in [0, 0.1) is 0 Å². The molecule has 0 saturated heterocycles. The number of nitrogens with one attached hydrogen (secondary N) is 1. The third kappa shape index (κ3) is 3.36. The van der Waals surface area contributed by atoms with E-state index in [2.05, 4.69) is 11.4 Å². The topological polar surface area (TPSA) is 30.5 Å². The molecule has 1 atom stereocenters. The third-order valence-electron chi connectivity index (χ3n) is 2.27. The Morgan fingerprint density at radius 1 is 1.69 bits per heavy atom. The molecule has 1 unspecified atom stereocenters. The lowest BCUT2D eigenvalue weighted by Crippen LogP contribution is -2.31. The van der Waals surface area contributed by atoms with Gasteiger partial charge in [-0.2, -0.15) is 0 Å². The number of methoxy groups -OCH3 is 1. The summed E-state index contributed by atoms with van der Waals surface area (Å²) in [4.78, 5) is 0. The predicted molar refractivity (Wildman–Crippen MR) is 52.6 cm³/mol. The van der Waals surface area contributed by atoms with Gasteiger partial charge in [0.05, 0.1) is 12.6 Å². The Bertz CT molecular complexity index is 168. The van der Waals surface area contributed by atoms with Crippen LogP contribution >= 0.6 is 0 Å². The molecule has 0 aromatic carbocycles. The highest BCUT2D eigenvalue weighted by Gasteiger charge is 2.15. The van der Waals surface area contributed by atoms with Crippen LogP contribution in [0.5, 0.6) is 0 Å². The van der Waals surface area contributed by atoms with Gasteiger partial charge in [0, 0.05) is 13.7 Å². The molecule has 1 rings (SSSR count). The first-order valence-electron chi connectivity index (χ1n) is 4.87. The quantitative estimate of drug-likeness (QED) is 0.700. The lowest BCUT2D eigenvalue weighted by molar-refractivity contribution is 0.144. The summed E-state index contributed by atoms with van der Waals surface area (Å²) in [7, 11) is 3.68. The minimum absolute atomic E-state index is 0.320. The summed E-state index contributed by atoms with van der Waals surface area (Å²) in [6, 6.07) is 0.320. The van der Waals surface area contributed by atoms with Crippen molar-refractivity contribution >= 4 is 0 Å². The van der Waals surface area contributed by atoms with Gasteiger partial charge >= 0.3 is 0 Å². The van der Waals surface area contributed by atoms with Gasteiger partial charge in [-0.15, -0.1) is 0 Å². The largest absolute Gasteiger partial charge is 0.497 e. The standard InChI is InChI=1S/C10H19NO2/c1-11-9(6-8-12-2)10-5-3-4-7-13-10/h5,9,11H,3-4,6-8H2,1-2H3. The molecular formula is C10H19NO2. The molecule has 76 valence electrons. The molecule has 0 fully saturated rings. The van der Waals surface area contributed by atoms with Gasteiger partial charge in [-0.05, 0) is 32.4 Å².